The predicted octanol–water partition coefficient (Wildman–Crippen LogP) is 4.48. The van der Waals surface area contributed by atoms with Crippen molar-refractivity contribution in [1.29, 1.82) is 0 Å². The molecule has 0 bridgehead atoms. The fourth-order valence-electron chi connectivity index (χ4n) is 8.85. The van der Waals surface area contributed by atoms with Crippen molar-refractivity contribution in [2.24, 2.45) is 46.3 Å². The first-order valence-electron chi connectivity index (χ1n) is 11.8. The van der Waals surface area contributed by atoms with Gasteiger partial charge in [-0.2, -0.15) is 0 Å². The van der Waals surface area contributed by atoms with E-state index in [0.717, 1.165) is 32.1 Å². The van der Waals surface area contributed by atoms with Crippen LogP contribution in [-0.4, -0.2) is 33.5 Å². The first-order chi connectivity index (χ1) is 13.2. The molecule has 28 heavy (non-hydrogen) atoms. The largest absolute Gasteiger partial charge is 0.481 e. The van der Waals surface area contributed by atoms with Crippen molar-refractivity contribution in [3.05, 3.63) is 0 Å². The molecule has 4 heteroatoms. The second-order valence-electron chi connectivity index (χ2n) is 11.3. The van der Waals surface area contributed by atoms with Crippen LogP contribution in [0.5, 0.6) is 0 Å². The van der Waals surface area contributed by atoms with Crippen LogP contribution in [0.4, 0.5) is 0 Å². The number of carbonyl (C=O) groups is 1. The van der Waals surface area contributed by atoms with Crippen LogP contribution in [0.15, 0.2) is 0 Å². The van der Waals surface area contributed by atoms with Crippen LogP contribution in [0.25, 0.3) is 0 Å². The molecule has 0 aliphatic heterocycles. The van der Waals surface area contributed by atoms with Crippen molar-refractivity contribution in [3.63, 3.8) is 0 Å². The topological polar surface area (TPSA) is 77.8 Å². The molecule has 4 nitrogen and oxygen atoms in total. The van der Waals surface area contributed by atoms with Crippen LogP contribution in [0.1, 0.15) is 85.0 Å². The first-order valence-corrected chi connectivity index (χ1v) is 11.8. The smallest absolute Gasteiger partial charge is 0.303 e. The average molecular weight is 393 g/mol. The number of hydrogen-bond acceptors (Lipinski definition) is 3. The molecule has 0 aromatic rings. The average Bonchev–Trinajstić information content (AvgIpc) is 2.98. The number of aliphatic hydroxyl groups is 2. The van der Waals surface area contributed by atoms with Gasteiger partial charge in [-0.3, -0.25) is 4.79 Å². The van der Waals surface area contributed by atoms with Gasteiger partial charge in [0.25, 0.3) is 0 Å². The highest BCUT2D eigenvalue weighted by Crippen LogP contribution is 2.68. The summed E-state index contributed by atoms with van der Waals surface area (Å²) < 4.78 is 0. The van der Waals surface area contributed by atoms with Crippen molar-refractivity contribution in [1.82, 2.24) is 0 Å². The molecule has 0 aromatic carbocycles. The van der Waals surface area contributed by atoms with Crippen LogP contribution >= 0.6 is 0 Å². The molecule has 10 atom stereocenters. The fraction of sp³-hybridized carbons (Fsp3) is 0.958. The number of fused-ring (bicyclic) bond motifs is 5. The monoisotopic (exact) mass is 392 g/mol. The van der Waals surface area contributed by atoms with Crippen LogP contribution in [-0.2, 0) is 4.79 Å². The van der Waals surface area contributed by atoms with Crippen molar-refractivity contribution >= 4 is 5.97 Å². The lowest BCUT2D eigenvalue weighted by Crippen LogP contribution is -2.60. The molecule has 3 N–H and O–H groups in total. The number of rotatable bonds is 4. The highest BCUT2D eigenvalue weighted by molar-refractivity contribution is 5.66. The number of aliphatic carboxylic acids is 1. The zero-order valence-corrected chi connectivity index (χ0v) is 17.9. The van der Waals surface area contributed by atoms with E-state index >= 15 is 0 Å². The van der Waals surface area contributed by atoms with Crippen molar-refractivity contribution < 1.29 is 20.1 Å². The minimum absolute atomic E-state index is 0.176. The van der Waals surface area contributed by atoms with Crippen molar-refractivity contribution in [3.8, 4) is 0 Å². The minimum atomic E-state index is -0.687. The van der Waals surface area contributed by atoms with E-state index in [1.165, 1.54) is 25.7 Å². The SMILES string of the molecule is C[C@H](CCC(=O)O)[C@H]1CC[C@H]2[C@@H]3[C@H](O)CC4[C@H](O)CCC[C@]4(C)[C@H]3CC[C@]12C. The Morgan fingerprint density at radius 3 is 2.39 bits per heavy atom. The summed E-state index contributed by atoms with van der Waals surface area (Å²) in [6, 6.07) is 0. The van der Waals surface area contributed by atoms with Gasteiger partial charge >= 0.3 is 5.97 Å². The molecule has 4 aliphatic rings. The van der Waals surface area contributed by atoms with Gasteiger partial charge in [0.2, 0.25) is 0 Å². The lowest BCUT2D eigenvalue weighted by Gasteiger charge is -2.62. The predicted molar refractivity (Wildman–Crippen MR) is 109 cm³/mol. The summed E-state index contributed by atoms with van der Waals surface area (Å²) in [5.74, 6) is 2.02. The van der Waals surface area contributed by atoms with Crippen LogP contribution < -0.4 is 0 Å². The molecule has 0 spiro atoms. The summed E-state index contributed by atoms with van der Waals surface area (Å²) in [7, 11) is 0. The van der Waals surface area contributed by atoms with E-state index < -0.39 is 5.97 Å². The molecule has 1 unspecified atom stereocenters. The van der Waals surface area contributed by atoms with E-state index in [1.54, 1.807) is 0 Å². The van der Waals surface area contributed by atoms with E-state index in [-0.39, 0.29) is 35.4 Å². The summed E-state index contributed by atoms with van der Waals surface area (Å²) in [6.07, 6.45) is 9.22. The van der Waals surface area contributed by atoms with E-state index in [4.69, 9.17) is 5.11 Å². The number of aliphatic hydroxyl groups excluding tert-OH is 2. The highest BCUT2D eigenvalue weighted by atomic mass is 16.4. The Balaban J connectivity index is 1.57. The Bertz CT molecular complexity index is 605. The molecule has 0 radical (unpaired) electrons. The van der Waals surface area contributed by atoms with Gasteiger partial charge in [0.1, 0.15) is 0 Å². The second-order valence-corrected chi connectivity index (χ2v) is 11.3. The summed E-state index contributed by atoms with van der Waals surface area (Å²) in [5.41, 5.74) is 0.409. The first kappa shape index (κ1) is 20.7. The Morgan fingerprint density at radius 1 is 0.964 bits per heavy atom. The normalized spacial score (nSPS) is 51.7. The highest BCUT2D eigenvalue weighted by Gasteiger charge is 2.63. The van der Waals surface area contributed by atoms with Gasteiger partial charge in [-0.05, 0) is 97.7 Å². The number of carboxylic acids is 1. The summed E-state index contributed by atoms with van der Waals surface area (Å²) in [4.78, 5) is 11.1. The Labute approximate surface area is 170 Å². The van der Waals surface area contributed by atoms with Gasteiger partial charge in [0.15, 0.2) is 0 Å². The maximum Gasteiger partial charge on any atom is 0.303 e. The maximum atomic E-state index is 11.2. The number of carboxylic acid groups (broad SMARTS) is 1. The summed E-state index contributed by atoms with van der Waals surface area (Å²) in [6.45, 7) is 7.10. The third-order valence-electron chi connectivity index (χ3n) is 10.2. The maximum absolute atomic E-state index is 11.2. The summed E-state index contributed by atoms with van der Waals surface area (Å²) >= 11 is 0. The third-order valence-corrected chi connectivity index (χ3v) is 10.2. The van der Waals surface area contributed by atoms with Gasteiger partial charge < -0.3 is 15.3 Å². The van der Waals surface area contributed by atoms with Crippen LogP contribution in [0.2, 0.25) is 0 Å². The molecule has 0 aromatic heterocycles. The van der Waals surface area contributed by atoms with Gasteiger partial charge in [0, 0.05) is 6.42 Å². The molecule has 0 amide bonds. The molecule has 4 aliphatic carbocycles. The quantitative estimate of drug-likeness (QED) is 0.659. The van der Waals surface area contributed by atoms with Crippen molar-refractivity contribution in [2.75, 3.05) is 0 Å². The molecule has 4 saturated carbocycles. The molecular formula is C24H40O4. The Hall–Kier alpha value is -0.610. The third kappa shape index (κ3) is 3.05. The lowest BCUT2D eigenvalue weighted by molar-refractivity contribution is -0.187. The van der Waals surface area contributed by atoms with Gasteiger partial charge in [-0.25, -0.2) is 0 Å². The molecule has 4 fully saturated rings. The minimum Gasteiger partial charge on any atom is -0.481 e. The number of hydrogen-bond donors (Lipinski definition) is 3. The van der Waals surface area contributed by atoms with E-state index in [2.05, 4.69) is 20.8 Å². The van der Waals surface area contributed by atoms with Crippen molar-refractivity contribution in [2.45, 2.75) is 97.2 Å². The Kier molecular flexibility index (Phi) is 5.36. The molecule has 0 saturated heterocycles. The standard InChI is InChI=1S/C24H40O4/c1-14(6-9-21(27)28)15-7-8-16-22-17(10-12-24(15,16)3)23(2)11-4-5-19(25)18(23)13-20(22)26/h14-20,22,25-26H,4-13H2,1-3H3,(H,27,28)/t14-,15-,16+,17+,18?,19-,20-,22+,23-,24-/m1/s1. The molecule has 4 rings (SSSR count). The fourth-order valence-corrected chi connectivity index (χ4v) is 8.85. The van der Waals surface area contributed by atoms with E-state index in [1.807, 2.05) is 0 Å². The van der Waals surface area contributed by atoms with Gasteiger partial charge in [0.05, 0.1) is 12.2 Å². The molecular weight excluding hydrogens is 352 g/mol. The molecule has 0 heterocycles. The van der Waals surface area contributed by atoms with E-state index in [0.29, 0.717) is 29.6 Å². The Morgan fingerprint density at radius 2 is 1.68 bits per heavy atom. The summed E-state index contributed by atoms with van der Waals surface area (Å²) in [5, 5.41) is 31.0. The van der Waals surface area contributed by atoms with E-state index in [9.17, 15) is 15.0 Å². The van der Waals surface area contributed by atoms with Gasteiger partial charge in [-0.15, -0.1) is 0 Å². The second kappa shape index (κ2) is 7.27. The molecule has 160 valence electrons. The van der Waals surface area contributed by atoms with Gasteiger partial charge in [-0.1, -0.05) is 27.2 Å². The zero-order valence-electron chi connectivity index (χ0n) is 17.9. The zero-order chi connectivity index (χ0) is 20.3. The van der Waals surface area contributed by atoms with Crippen LogP contribution in [0, 0.1) is 46.3 Å². The van der Waals surface area contributed by atoms with Crippen LogP contribution in [0.3, 0.4) is 0 Å². The lowest BCUT2D eigenvalue weighted by atomic mass is 9.43.